The highest BCUT2D eigenvalue weighted by molar-refractivity contribution is 6.21. The molecule has 0 radical (unpaired) electrons. The van der Waals surface area contributed by atoms with Crippen molar-refractivity contribution in [2.75, 3.05) is 6.54 Å². The molecule has 1 aliphatic rings. The third kappa shape index (κ3) is 3.17. The number of hydrogen-bond acceptors (Lipinski definition) is 1. The maximum absolute atomic E-state index is 12.5. The summed E-state index contributed by atoms with van der Waals surface area (Å²) in [5.74, 6) is 0.615. The summed E-state index contributed by atoms with van der Waals surface area (Å²) in [6, 6.07) is 10.1. The molecule has 1 aromatic rings. The van der Waals surface area contributed by atoms with Crippen LogP contribution in [0.4, 0.5) is 0 Å². The molecule has 0 spiro atoms. The van der Waals surface area contributed by atoms with E-state index in [2.05, 4.69) is 19.2 Å². The standard InChI is InChI=1S/C17H24ClNO/c1-3-13(4-2)15(18)12-19-16(20)17(10-11-17)14-8-6-5-7-9-14/h5-9,13,15H,3-4,10-12H2,1-2H3,(H,19,20). The SMILES string of the molecule is CCC(CC)C(Cl)CNC(=O)C1(c2ccccc2)CC1. The second-order valence-electron chi connectivity index (χ2n) is 5.75. The molecular weight excluding hydrogens is 270 g/mol. The first-order valence-corrected chi connectivity index (χ1v) is 8.05. The van der Waals surface area contributed by atoms with E-state index in [9.17, 15) is 4.79 Å². The Labute approximate surface area is 126 Å². The van der Waals surface area contributed by atoms with Crippen LogP contribution in [0, 0.1) is 5.92 Å². The minimum Gasteiger partial charge on any atom is -0.354 e. The van der Waals surface area contributed by atoms with Crippen LogP contribution < -0.4 is 5.32 Å². The fourth-order valence-corrected chi connectivity index (χ4v) is 3.29. The van der Waals surface area contributed by atoms with Crippen molar-refractivity contribution in [3.05, 3.63) is 35.9 Å². The first-order valence-electron chi connectivity index (χ1n) is 7.62. The predicted octanol–water partition coefficient (Wildman–Crippen LogP) is 3.88. The van der Waals surface area contributed by atoms with E-state index in [0.717, 1.165) is 31.2 Å². The zero-order chi connectivity index (χ0) is 14.6. The van der Waals surface area contributed by atoms with Gasteiger partial charge < -0.3 is 5.32 Å². The number of carbonyl (C=O) groups excluding carboxylic acids is 1. The van der Waals surface area contributed by atoms with E-state index in [0.29, 0.717) is 12.5 Å². The molecule has 0 aliphatic heterocycles. The maximum atomic E-state index is 12.5. The summed E-state index contributed by atoms with van der Waals surface area (Å²) in [5.41, 5.74) is 0.845. The predicted molar refractivity (Wildman–Crippen MR) is 84.1 cm³/mol. The molecule has 0 bridgehead atoms. The zero-order valence-electron chi connectivity index (χ0n) is 12.4. The zero-order valence-corrected chi connectivity index (χ0v) is 13.1. The monoisotopic (exact) mass is 293 g/mol. The van der Waals surface area contributed by atoms with Crippen LogP contribution in [0.15, 0.2) is 30.3 Å². The molecule has 1 unspecified atom stereocenters. The van der Waals surface area contributed by atoms with Crippen LogP contribution in [0.5, 0.6) is 0 Å². The quantitative estimate of drug-likeness (QED) is 0.760. The van der Waals surface area contributed by atoms with Gasteiger partial charge in [0.15, 0.2) is 0 Å². The van der Waals surface area contributed by atoms with E-state index in [1.807, 2.05) is 30.3 Å². The molecular formula is C17H24ClNO. The van der Waals surface area contributed by atoms with Crippen LogP contribution in [-0.2, 0) is 10.2 Å². The topological polar surface area (TPSA) is 29.1 Å². The first kappa shape index (κ1) is 15.4. The highest BCUT2D eigenvalue weighted by atomic mass is 35.5. The van der Waals surface area contributed by atoms with Gasteiger partial charge in [0.05, 0.1) is 10.8 Å². The van der Waals surface area contributed by atoms with E-state index in [1.165, 1.54) is 0 Å². The van der Waals surface area contributed by atoms with E-state index in [4.69, 9.17) is 11.6 Å². The number of carbonyl (C=O) groups is 1. The summed E-state index contributed by atoms with van der Waals surface area (Å²) < 4.78 is 0. The maximum Gasteiger partial charge on any atom is 0.230 e. The van der Waals surface area contributed by atoms with E-state index >= 15 is 0 Å². The molecule has 3 heteroatoms. The third-order valence-electron chi connectivity index (χ3n) is 4.53. The van der Waals surface area contributed by atoms with Crippen molar-refractivity contribution >= 4 is 17.5 Å². The Morgan fingerprint density at radius 1 is 1.25 bits per heavy atom. The molecule has 2 rings (SSSR count). The normalized spacial score (nSPS) is 17.8. The van der Waals surface area contributed by atoms with Gasteiger partial charge in [0, 0.05) is 6.54 Å². The lowest BCUT2D eigenvalue weighted by Gasteiger charge is -2.22. The van der Waals surface area contributed by atoms with Crippen LogP contribution in [0.1, 0.15) is 45.1 Å². The number of nitrogens with one attached hydrogen (secondary N) is 1. The summed E-state index contributed by atoms with van der Waals surface area (Å²) >= 11 is 6.39. The lowest BCUT2D eigenvalue weighted by Crippen LogP contribution is -2.39. The minimum absolute atomic E-state index is 0.0283. The van der Waals surface area contributed by atoms with Crippen molar-refractivity contribution in [2.45, 2.75) is 50.3 Å². The van der Waals surface area contributed by atoms with Crippen molar-refractivity contribution < 1.29 is 4.79 Å². The number of halogens is 1. The number of rotatable bonds is 7. The van der Waals surface area contributed by atoms with Crippen molar-refractivity contribution in [3.63, 3.8) is 0 Å². The van der Waals surface area contributed by atoms with Gasteiger partial charge in [-0.25, -0.2) is 0 Å². The highest BCUT2D eigenvalue weighted by Gasteiger charge is 2.51. The lowest BCUT2D eigenvalue weighted by molar-refractivity contribution is -0.123. The first-order chi connectivity index (χ1) is 9.64. The molecule has 0 heterocycles. The van der Waals surface area contributed by atoms with Crippen molar-refractivity contribution in [3.8, 4) is 0 Å². The van der Waals surface area contributed by atoms with Gasteiger partial charge in [-0.1, -0.05) is 57.0 Å². The van der Waals surface area contributed by atoms with Gasteiger partial charge in [-0.2, -0.15) is 0 Å². The number of alkyl halides is 1. The number of hydrogen-bond donors (Lipinski definition) is 1. The van der Waals surface area contributed by atoms with Crippen molar-refractivity contribution in [1.82, 2.24) is 5.32 Å². The molecule has 1 fully saturated rings. The molecule has 1 aliphatic carbocycles. The van der Waals surface area contributed by atoms with Gasteiger partial charge in [-0.3, -0.25) is 4.79 Å². The Hall–Kier alpha value is -1.02. The van der Waals surface area contributed by atoms with Gasteiger partial charge in [-0.05, 0) is 24.3 Å². The minimum atomic E-state index is -0.286. The fourth-order valence-electron chi connectivity index (χ4n) is 2.86. The molecule has 110 valence electrons. The smallest absolute Gasteiger partial charge is 0.230 e. The fraction of sp³-hybridized carbons (Fsp3) is 0.588. The van der Waals surface area contributed by atoms with Gasteiger partial charge in [0.1, 0.15) is 0 Å². The Kier molecular flexibility index (Phi) is 5.09. The van der Waals surface area contributed by atoms with E-state index < -0.39 is 0 Å². The summed E-state index contributed by atoms with van der Waals surface area (Å²) in [6.07, 6.45) is 4.01. The highest BCUT2D eigenvalue weighted by Crippen LogP contribution is 2.48. The number of benzene rings is 1. The Bertz CT molecular complexity index is 438. The van der Waals surface area contributed by atoms with Crippen LogP contribution in [-0.4, -0.2) is 17.8 Å². The average molecular weight is 294 g/mol. The van der Waals surface area contributed by atoms with E-state index in [1.54, 1.807) is 0 Å². The summed E-state index contributed by atoms with van der Waals surface area (Å²) in [4.78, 5) is 12.5. The molecule has 1 atom stereocenters. The van der Waals surface area contributed by atoms with Gasteiger partial charge >= 0.3 is 0 Å². The van der Waals surface area contributed by atoms with Gasteiger partial charge in [-0.15, -0.1) is 11.6 Å². The molecule has 1 saturated carbocycles. The second kappa shape index (κ2) is 6.62. The largest absolute Gasteiger partial charge is 0.354 e. The lowest BCUT2D eigenvalue weighted by atomic mass is 9.94. The van der Waals surface area contributed by atoms with Crippen molar-refractivity contribution in [1.29, 1.82) is 0 Å². The van der Waals surface area contributed by atoms with E-state index in [-0.39, 0.29) is 16.7 Å². The number of amides is 1. The van der Waals surface area contributed by atoms with Crippen LogP contribution in [0.2, 0.25) is 0 Å². The Morgan fingerprint density at radius 2 is 1.85 bits per heavy atom. The molecule has 0 saturated heterocycles. The second-order valence-corrected chi connectivity index (χ2v) is 6.31. The van der Waals surface area contributed by atoms with Crippen LogP contribution >= 0.6 is 11.6 Å². The summed E-state index contributed by atoms with van der Waals surface area (Å²) in [7, 11) is 0. The summed E-state index contributed by atoms with van der Waals surface area (Å²) in [5, 5.41) is 3.09. The van der Waals surface area contributed by atoms with Crippen LogP contribution in [0.3, 0.4) is 0 Å². The summed E-state index contributed by atoms with van der Waals surface area (Å²) in [6.45, 7) is 4.87. The Balaban J connectivity index is 1.93. The Morgan fingerprint density at radius 3 is 2.35 bits per heavy atom. The molecule has 0 aromatic heterocycles. The van der Waals surface area contributed by atoms with Gasteiger partial charge in [0.2, 0.25) is 5.91 Å². The molecule has 1 N–H and O–H groups in total. The van der Waals surface area contributed by atoms with Gasteiger partial charge in [0.25, 0.3) is 0 Å². The van der Waals surface area contributed by atoms with Crippen LogP contribution in [0.25, 0.3) is 0 Å². The van der Waals surface area contributed by atoms with Crippen molar-refractivity contribution in [2.24, 2.45) is 5.92 Å². The molecule has 1 amide bonds. The average Bonchev–Trinajstić information content (AvgIpc) is 3.28. The molecule has 1 aromatic carbocycles. The third-order valence-corrected chi connectivity index (χ3v) is 5.04. The molecule has 20 heavy (non-hydrogen) atoms. The molecule has 2 nitrogen and oxygen atoms in total.